The van der Waals surface area contributed by atoms with Gasteiger partial charge in [0.1, 0.15) is 18.1 Å². The summed E-state index contributed by atoms with van der Waals surface area (Å²) in [4.78, 5) is 24.9. The summed E-state index contributed by atoms with van der Waals surface area (Å²) in [6, 6.07) is 19.7. The van der Waals surface area contributed by atoms with Gasteiger partial charge in [0.25, 0.3) is 0 Å². The lowest BCUT2D eigenvalue weighted by Gasteiger charge is -2.36. The number of ether oxygens (including phenoxy) is 2. The Bertz CT molecular complexity index is 1530. The van der Waals surface area contributed by atoms with E-state index < -0.39 is 17.0 Å². The van der Waals surface area contributed by atoms with Crippen LogP contribution in [0.5, 0.6) is 11.5 Å². The molecule has 0 radical (unpaired) electrons. The van der Waals surface area contributed by atoms with Gasteiger partial charge in [0.15, 0.2) is 0 Å². The summed E-state index contributed by atoms with van der Waals surface area (Å²) < 4.78 is 17.8. The van der Waals surface area contributed by atoms with E-state index in [0.29, 0.717) is 25.4 Å². The molecule has 1 heterocycles. The molecule has 5 rings (SSSR count). The van der Waals surface area contributed by atoms with Crippen molar-refractivity contribution in [2.24, 2.45) is 0 Å². The maximum Gasteiger partial charge on any atom is 0.440 e. The average Bonchev–Trinajstić information content (AvgIpc) is 3.20. The number of rotatable bonds is 10. The van der Waals surface area contributed by atoms with Crippen LogP contribution in [0.15, 0.2) is 74.8 Å². The number of benzene rings is 3. The van der Waals surface area contributed by atoms with Gasteiger partial charge in [0.05, 0.1) is 18.8 Å². The predicted molar refractivity (Wildman–Crippen MR) is 144 cm³/mol. The van der Waals surface area contributed by atoms with E-state index in [1.165, 1.54) is 0 Å². The monoisotopic (exact) mass is 516 g/mol. The van der Waals surface area contributed by atoms with Crippen molar-refractivity contribution in [2.75, 3.05) is 6.61 Å². The maximum atomic E-state index is 11.6. The van der Waals surface area contributed by atoms with Crippen molar-refractivity contribution in [3.05, 3.63) is 104 Å². The van der Waals surface area contributed by atoms with Crippen LogP contribution < -0.4 is 20.9 Å². The van der Waals surface area contributed by atoms with Crippen molar-refractivity contribution in [1.29, 1.82) is 0 Å². The summed E-state index contributed by atoms with van der Waals surface area (Å²) in [5, 5.41) is 10.3. The van der Waals surface area contributed by atoms with Crippen molar-refractivity contribution < 1.29 is 19.1 Å². The Hall–Kier alpha value is -4.04. The van der Waals surface area contributed by atoms with Gasteiger partial charge in [-0.3, -0.25) is 0 Å². The molecule has 0 amide bonds. The molecule has 0 spiro atoms. The van der Waals surface area contributed by atoms with E-state index in [2.05, 4.69) is 43.1 Å². The molecule has 8 nitrogen and oxygen atoms in total. The Morgan fingerprint density at radius 1 is 0.974 bits per heavy atom. The summed E-state index contributed by atoms with van der Waals surface area (Å²) in [5.74, 6) is 0.746. The Morgan fingerprint density at radius 3 is 2.39 bits per heavy atom. The normalized spacial score (nSPS) is 14.2. The summed E-state index contributed by atoms with van der Waals surface area (Å²) in [5.41, 5.74) is 5.35. The van der Waals surface area contributed by atoms with Crippen LogP contribution in [0.2, 0.25) is 0 Å². The van der Waals surface area contributed by atoms with Gasteiger partial charge < -0.3 is 19.1 Å². The molecule has 0 saturated heterocycles. The fraction of sp³-hybridized carbons (Fsp3) is 0.333. The number of aryl methyl sites for hydroxylation is 1. The van der Waals surface area contributed by atoms with E-state index in [9.17, 15) is 14.7 Å². The minimum absolute atomic E-state index is 0.157. The first-order chi connectivity index (χ1) is 18.3. The van der Waals surface area contributed by atoms with Crippen molar-refractivity contribution in [3.63, 3.8) is 0 Å². The number of aliphatic hydroxyl groups is 1. The standard InChI is InChI=1S/C30H32N2O6/c1-20-17-25(36-16-15-30(35)13-4-14-30)11-12-26(20)27-6-3-5-23(21(27)2)19-37-24-9-7-22(8-10-24)18-32-28(33)31-29(34)38-32/h3,5-12,17,35H,4,13-16,18-19H2,1-2H3,(H,31,33,34). The van der Waals surface area contributed by atoms with E-state index in [1.54, 1.807) is 0 Å². The van der Waals surface area contributed by atoms with Gasteiger partial charge >= 0.3 is 11.4 Å². The number of aromatic nitrogens is 2. The summed E-state index contributed by atoms with van der Waals surface area (Å²) >= 11 is 0. The Morgan fingerprint density at radius 2 is 1.74 bits per heavy atom. The molecule has 1 fully saturated rings. The SMILES string of the molecule is Cc1cc(OCCC2(O)CCC2)ccc1-c1cccc(COc2ccc(Cn3oc(=O)[nH]c3=O)cc2)c1C. The van der Waals surface area contributed by atoms with Crippen molar-refractivity contribution >= 4 is 0 Å². The van der Waals surface area contributed by atoms with Crippen molar-refractivity contribution in [1.82, 2.24) is 9.72 Å². The first kappa shape index (κ1) is 25.6. The molecule has 198 valence electrons. The topological polar surface area (TPSA) is 107 Å². The van der Waals surface area contributed by atoms with E-state index in [0.717, 1.165) is 63.1 Å². The molecular formula is C30H32N2O6. The highest BCUT2D eigenvalue weighted by molar-refractivity contribution is 5.72. The molecule has 1 aliphatic rings. The third-order valence-electron chi connectivity index (χ3n) is 7.33. The zero-order valence-electron chi connectivity index (χ0n) is 21.7. The minimum Gasteiger partial charge on any atom is -0.493 e. The lowest BCUT2D eigenvalue weighted by molar-refractivity contribution is -0.0482. The van der Waals surface area contributed by atoms with E-state index in [1.807, 2.05) is 36.4 Å². The Balaban J connectivity index is 1.22. The lowest BCUT2D eigenvalue weighted by atomic mass is 9.78. The quantitative estimate of drug-likeness (QED) is 0.316. The number of hydrogen-bond donors (Lipinski definition) is 2. The van der Waals surface area contributed by atoms with E-state index >= 15 is 0 Å². The molecule has 2 N–H and O–H groups in total. The molecule has 1 aliphatic carbocycles. The van der Waals surface area contributed by atoms with E-state index in [4.69, 9.17) is 14.0 Å². The first-order valence-electron chi connectivity index (χ1n) is 12.9. The van der Waals surface area contributed by atoms with Gasteiger partial charge in [-0.05, 0) is 90.8 Å². The molecule has 3 aromatic carbocycles. The van der Waals surface area contributed by atoms with Crippen molar-refractivity contribution in [3.8, 4) is 22.6 Å². The van der Waals surface area contributed by atoms with Crippen LogP contribution in [0, 0.1) is 13.8 Å². The number of nitrogens with one attached hydrogen (secondary N) is 1. The fourth-order valence-electron chi connectivity index (χ4n) is 4.79. The lowest BCUT2D eigenvalue weighted by Crippen LogP contribution is -2.38. The highest BCUT2D eigenvalue weighted by Gasteiger charge is 2.33. The Kier molecular flexibility index (Phi) is 7.24. The van der Waals surface area contributed by atoms with Crippen LogP contribution in [-0.2, 0) is 13.2 Å². The van der Waals surface area contributed by atoms with Gasteiger partial charge in [0, 0.05) is 6.42 Å². The molecule has 8 heteroatoms. The van der Waals surface area contributed by atoms with Gasteiger partial charge in [-0.15, -0.1) is 4.74 Å². The summed E-state index contributed by atoms with van der Waals surface area (Å²) in [7, 11) is 0. The smallest absolute Gasteiger partial charge is 0.440 e. The van der Waals surface area contributed by atoms with Crippen LogP contribution in [0.1, 0.15) is 47.9 Å². The molecule has 0 atom stereocenters. The molecule has 0 unspecified atom stereocenters. The molecule has 1 aromatic heterocycles. The number of nitrogens with zero attached hydrogens (tertiary/aromatic N) is 1. The second-order valence-corrected chi connectivity index (χ2v) is 10.0. The molecule has 1 saturated carbocycles. The zero-order valence-corrected chi connectivity index (χ0v) is 21.7. The highest BCUT2D eigenvalue weighted by atomic mass is 16.5. The fourth-order valence-corrected chi connectivity index (χ4v) is 4.79. The van der Waals surface area contributed by atoms with Crippen LogP contribution in [-0.4, -0.2) is 27.0 Å². The predicted octanol–water partition coefficient (Wildman–Crippen LogP) is 4.72. The summed E-state index contributed by atoms with van der Waals surface area (Å²) in [6.07, 6.45) is 3.51. The van der Waals surface area contributed by atoms with Gasteiger partial charge in [-0.2, -0.15) is 0 Å². The largest absolute Gasteiger partial charge is 0.493 e. The van der Waals surface area contributed by atoms with Gasteiger partial charge in [0.2, 0.25) is 0 Å². The molecule has 0 aliphatic heterocycles. The maximum absolute atomic E-state index is 11.6. The van der Waals surface area contributed by atoms with Crippen LogP contribution >= 0.6 is 0 Å². The molecule has 38 heavy (non-hydrogen) atoms. The zero-order chi connectivity index (χ0) is 26.7. The van der Waals surface area contributed by atoms with Crippen LogP contribution in [0.25, 0.3) is 11.1 Å². The van der Waals surface area contributed by atoms with E-state index in [-0.39, 0.29) is 6.54 Å². The Labute approximate surface area is 220 Å². The molecular weight excluding hydrogens is 484 g/mol. The van der Waals surface area contributed by atoms with Gasteiger partial charge in [-0.25, -0.2) is 14.6 Å². The average molecular weight is 517 g/mol. The second kappa shape index (κ2) is 10.8. The highest BCUT2D eigenvalue weighted by Crippen LogP contribution is 2.35. The molecule has 0 bridgehead atoms. The van der Waals surface area contributed by atoms with Gasteiger partial charge in [-0.1, -0.05) is 36.4 Å². The number of hydrogen-bond acceptors (Lipinski definition) is 6. The number of H-pyrrole nitrogens is 1. The van der Waals surface area contributed by atoms with Crippen LogP contribution in [0.3, 0.4) is 0 Å². The number of aromatic amines is 1. The third kappa shape index (κ3) is 5.75. The third-order valence-corrected chi connectivity index (χ3v) is 7.33. The second-order valence-electron chi connectivity index (χ2n) is 10.0. The minimum atomic E-state index is -0.772. The van der Waals surface area contributed by atoms with Crippen LogP contribution in [0.4, 0.5) is 0 Å². The summed E-state index contributed by atoms with van der Waals surface area (Å²) in [6.45, 7) is 5.27. The first-order valence-corrected chi connectivity index (χ1v) is 12.9. The van der Waals surface area contributed by atoms with Crippen molar-refractivity contribution in [2.45, 2.75) is 58.3 Å². The molecule has 4 aromatic rings.